The Bertz CT molecular complexity index is 462. The minimum atomic E-state index is -0.162. The van der Waals surface area contributed by atoms with Gasteiger partial charge < -0.3 is 5.73 Å². The molecule has 82 valence electrons. The van der Waals surface area contributed by atoms with Crippen LogP contribution in [-0.4, -0.2) is 11.7 Å². The molecule has 0 spiro atoms. The van der Waals surface area contributed by atoms with Gasteiger partial charge in [-0.1, -0.05) is 31.2 Å². The van der Waals surface area contributed by atoms with Crippen molar-refractivity contribution in [3.8, 4) is 0 Å². The number of hydrogen-bond acceptors (Lipinski definition) is 3. The Labute approximate surface area is 94.1 Å². The van der Waals surface area contributed by atoms with Gasteiger partial charge in [-0.05, 0) is 18.6 Å². The van der Waals surface area contributed by atoms with Crippen molar-refractivity contribution in [3.63, 3.8) is 0 Å². The molecule has 0 saturated carbocycles. The molecule has 4 nitrogen and oxygen atoms in total. The first kappa shape index (κ1) is 10.4. The molecular weight excluding hydrogens is 202 g/mol. The van der Waals surface area contributed by atoms with E-state index in [1.807, 2.05) is 37.3 Å². The predicted octanol–water partition coefficient (Wildman–Crippen LogP) is 1.64. The van der Waals surface area contributed by atoms with Gasteiger partial charge in [0, 0.05) is 0 Å². The zero-order valence-corrected chi connectivity index (χ0v) is 9.05. The Hall–Kier alpha value is -2.10. The molecule has 1 aromatic rings. The molecule has 1 aliphatic heterocycles. The lowest BCUT2D eigenvalue weighted by Gasteiger charge is -2.10. The standard InChI is InChI=1S/C12H13N3O/c1-2-6-10-11(13)14-15(12(10)16)9-7-4-3-5-8-9/h3-8H,2H2,1H3,(H2,13,14)/b10-6+. The quantitative estimate of drug-likeness (QED) is 0.762. The van der Waals surface area contributed by atoms with Crippen LogP contribution < -0.4 is 10.7 Å². The minimum Gasteiger partial charge on any atom is -0.382 e. The van der Waals surface area contributed by atoms with Gasteiger partial charge in [0.05, 0.1) is 11.3 Å². The van der Waals surface area contributed by atoms with E-state index in [1.165, 1.54) is 5.01 Å². The second-order valence-corrected chi connectivity index (χ2v) is 3.46. The molecule has 16 heavy (non-hydrogen) atoms. The molecule has 0 atom stereocenters. The van der Waals surface area contributed by atoms with Gasteiger partial charge in [-0.3, -0.25) is 4.79 Å². The number of hydrazone groups is 1. The summed E-state index contributed by atoms with van der Waals surface area (Å²) in [6, 6.07) is 9.25. The number of benzene rings is 1. The van der Waals surface area contributed by atoms with E-state index >= 15 is 0 Å². The van der Waals surface area contributed by atoms with Gasteiger partial charge in [0.25, 0.3) is 5.91 Å². The van der Waals surface area contributed by atoms with Crippen LogP contribution >= 0.6 is 0 Å². The van der Waals surface area contributed by atoms with Crippen molar-refractivity contribution in [1.29, 1.82) is 0 Å². The van der Waals surface area contributed by atoms with E-state index in [1.54, 1.807) is 6.08 Å². The molecule has 0 bridgehead atoms. The van der Waals surface area contributed by atoms with Crippen LogP contribution in [0.4, 0.5) is 5.69 Å². The van der Waals surface area contributed by atoms with E-state index in [0.29, 0.717) is 5.57 Å². The van der Waals surface area contributed by atoms with Crippen LogP contribution in [0.5, 0.6) is 0 Å². The monoisotopic (exact) mass is 215 g/mol. The van der Waals surface area contributed by atoms with Crippen molar-refractivity contribution in [3.05, 3.63) is 42.0 Å². The van der Waals surface area contributed by atoms with E-state index < -0.39 is 0 Å². The summed E-state index contributed by atoms with van der Waals surface area (Å²) in [7, 11) is 0. The van der Waals surface area contributed by atoms with E-state index in [9.17, 15) is 4.79 Å². The SMILES string of the molecule is CC/C=C1/C(=O)N(c2ccccc2)N=C1N. The smallest absolute Gasteiger partial charge is 0.282 e. The summed E-state index contributed by atoms with van der Waals surface area (Å²) in [6.07, 6.45) is 2.56. The fourth-order valence-corrected chi connectivity index (χ4v) is 1.57. The molecule has 0 fully saturated rings. The molecule has 0 aliphatic carbocycles. The maximum Gasteiger partial charge on any atom is 0.282 e. The van der Waals surface area contributed by atoms with Crippen molar-refractivity contribution >= 4 is 17.4 Å². The number of nitrogens with two attached hydrogens (primary N) is 1. The summed E-state index contributed by atoms with van der Waals surface area (Å²) < 4.78 is 0. The van der Waals surface area contributed by atoms with Crippen LogP contribution in [0.1, 0.15) is 13.3 Å². The van der Waals surface area contributed by atoms with Gasteiger partial charge in [-0.15, -0.1) is 5.10 Å². The third-order valence-electron chi connectivity index (χ3n) is 2.32. The van der Waals surface area contributed by atoms with Crippen molar-refractivity contribution in [2.24, 2.45) is 10.8 Å². The Morgan fingerprint density at radius 3 is 2.69 bits per heavy atom. The number of carbonyl (C=O) groups is 1. The number of nitrogens with zero attached hydrogens (tertiary/aromatic N) is 2. The summed E-state index contributed by atoms with van der Waals surface area (Å²) in [6.45, 7) is 1.96. The molecule has 2 N–H and O–H groups in total. The lowest BCUT2D eigenvalue weighted by Crippen LogP contribution is -2.22. The average Bonchev–Trinajstić information content (AvgIpc) is 2.59. The van der Waals surface area contributed by atoms with Crippen molar-refractivity contribution in [1.82, 2.24) is 0 Å². The maximum atomic E-state index is 12.0. The summed E-state index contributed by atoms with van der Waals surface area (Å²) >= 11 is 0. The van der Waals surface area contributed by atoms with Crippen molar-refractivity contribution < 1.29 is 4.79 Å². The van der Waals surface area contributed by atoms with Gasteiger partial charge in [0.15, 0.2) is 5.84 Å². The number of anilines is 1. The zero-order valence-electron chi connectivity index (χ0n) is 9.05. The molecule has 1 aromatic carbocycles. The normalized spacial score (nSPS) is 18.1. The Kier molecular flexibility index (Phi) is 2.72. The first-order valence-electron chi connectivity index (χ1n) is 5.18. The number of rotatable bonds is 2. The van der Waals surface area contributed by atoms with Crippen molar-refractivity contribution in [2.75, 3.05) is 5.01 Å². The van der Waals surface area contributed by atoms with Crippen LogP contribution in [-0.2, 0) is 4.79 Å². The zero-order chi connectivity index (χ0) is 11.5. The highest BCUT2D eigenvalue weighted by Gasteiger charge is 2.28. The lowest BCUT2D eigenvalue weighted by atomic mass is 10.2. The summed E-state index contributed by atoms with van der Waals surface area (Å²) in [4.78, 5) is 12.0. The first-order chi connectivity index (χ1) is 7.74. The summed E-state index contributed by atoms with van der Waals surface area (Å²) in [5.74, 6) is 0.126. The number of amides is 1. The molecule has 0 radical (unpaired) electrons. The highest BCUT2D eigenvalue weighted by Crippen LogP contribution is 2.21. The predicted molar refractivity (Wildman–Crippen MR) is 63.9 cm³/mol. The van der Waals surface area contributed by atoms with Gasteiger partial charge in [-0.2, -0.15) is 5.01 Å². The molecule has 0 aromatic heterocycles. The third-order valence-corrected chi connectivity index (χ3v) is 2.32. The Morgan fingerprint density at radius 2 is 2.06 bits per heavy atom. The first-order valence-corrected chi connectivity index (χ1v) is 5.18. The molecule has 2 rings (SSSR count). The highest BCUT2D eigenvalue weighted by atomic mass is 16.2. The van der Waals surface area contributed by atoms with Crippen LogP contribution in [0.15, 0.2) is 47.1 Å². The lowest BCUT2D eigenvalue weighted by molar-refractivity contribution is -0.114. The van der Waals surface area contributed by atoms with Gasteiger partial charge >= 0.3 is 0 Å². The fourth-order valence-electron chi connectivity index (χ4n) is 1.57. The Morgan fingerprint density at radius 1 is 1.38 bits per heavy atom. The molecule has 1 aliphatic rings. The van der Waals surface area contributed by atoms with E-state index in [4.69, 9.17) is 5.73 Å². The van der Waals surface area contributed by atoms with Crippen LogP contribution in [0, 0.1) is 0 Å². The van der Waals surface area contributed by atoms with Gasteiger partial charge in [0.1, 0.15) is 0 Å². The van der Waals surface area contributed by atoms with Crippen LogP contribution in [0.25, 0.3) is 0 Å². The van der Waals surface area contributed by atoms with Crippen molar-refractivity contribution in [2.45, 2.75) is 13.3 Å². The van der Waals surface area contributed by atoms with Crippen LogP contribution in [0.3, 0.4) is 0 Å². The van der Waals surface area contributed by atoms with Gasteiger partial charge in [0.2, 0.25) is 0 Å². The van der Waals surface area contributed by atoms with Gasteiger partial charge in [-0.25, -0.2) is 0 Å². The number of para-hydroxylation sites is 1. The second kappa shape index (κ2) is 4.18. The molecule has 0 saturated heterocycles. The third kappa shape index (κ3) is 1.69. The number of allylic oxidation sites excluding steroid dienone is 1. The van der Waals surface area contributed by atoms with E-state index in [0.717, 1.165) is 12.1 Å². The molecule has 0 unspecified atom stereocenters. The highest BCUT2D eigenvalue weighted by molar-refractivity contribution is 6.29. The Balaban J connectivity index is 2.35. The summed E-state index contributed by atoms with van der Waals surface area (Å²) in [5.41, 5.74) is 6.93. The van der Waals surface area contributed by atoms with E-state index in [-0.39, 0.29) is 11.7 Å². The molecule has 1 heterocycles. The molecule has 1 amide bonds. The summed E-state index contributed by atoms with van der Waals surface area (Å²) in [5, 5.41) is 5.38. The molecular formula is C12H13N3O. The number of hydrogen-bond donors (Lipinski definition) is 1. The van der Waals surface area contributed by atoms with E-state index in [2.05, 4.69) is 5.10 Å². The second-order valence-electron chi connectivity index (χ2n) is 3.46. The number of carbonyl (C=O) groups excluding carboxylic acids is 1. The topological polar surface area (TPSA) is 58.7 Å². The number of amidine groups is 1. The average molecular weight is 215 g/mol. The largest absolute Gasteiger partial charge is 0.382 e. The molecule has 4 heteroatoms. The van der Waals surface area contributed by atoms with Crippen LogP contribution in [0.2, 0.25) is 0 Å². The minimum absolute atomic E-state index is 0.162. The maximum absolute atomic E-state index is 12.0. The fraction of sp³-hybridized carbons (Fsp3) is 0.167.